The van der Waals surface area contributed by atoms with E-state index in [0.717, 1.165) is 25.5 Å². The summed E-state index contributed by atoms with van der Waals surface area (Å²) in [6.07, 6.45) is 9.10. The normalized spacial score (nSPS) is 11.8. The van der Waals surface area contributed by atoms with Gasteiger partial charge in [0.15, 0.2) is 5.96 Å². The molecule has 24 heavy (non-hydrogen) atoms. The summed E-state index contributed by atoms with van der Waals surface area (Å²) in [5, 5.41) is 7.23. The molecule has 0 aromatic carbocycles. The minimum absolute atomic E-state index is 0.533. The Morgan fingerprint density at radius 3 is 2.46 bits per heavy atom. The van der Waals surface area contributed by atoms with Crippen LogP contribution in [0.5, 0.6) is 0 Å². The molecule has 1 rings (SSSR count). The van der Waals surface area contributed by atoms with Crippen LogP contribution >= 0.6 is 11.6 Å². The number of nitrogens with one attached hydrogen (secondary N) is 2. The topological polar surface area (TPSA) is 52.6 Å². The van der Waals surface area contributed by atoms with Crippen molar-refractivity contribution in [3.8, 4) is 0 Å². The van der Waals surface area contributed by atoms with Crippen LogP contribution in [0.25, 0.3) is 0 Å². The number of pyridine rings is 1. The first-order valence-electron chi connectivity index (χ1n) is 8.81. The Kier molecular flexibility index (Phi) is 11.2. The van der Waals surface area contributed by atoms with Gasteiger partial charge in [-0.05, 0) is 51.5 Å². The fourth-order valence-electron chi connectivity index (χ4n) is 2.39. The molecule has 2 N–H and O–H groups in total. The van der Waals surface area contributed by atoms with Gasteiger partial charge in [0, 0.05) is 26.3 Å². The van der Waals surface area contributed by atoms with Crippen molar-refractivity contribution < 1.29 is 0 Å². The van der Waals surface area contributed by atoms with Crippen LogP contribution in [-0.2, 0) is 6.42 Å². The van der Waals surface area contributed by atoms with E-state index in [4.69, 9.17) is 11.6 Å². The molecule has 136 valence electrons. The molecule has 1 heterocycles. The Hall–Kier alpha value is -1.33. The minimum atomic E-state index is 0.533. The predicted molar refractivity (Wildman–Crippen MR) is 104 cm³/mol. The molecule has 1 aromatic rings. The molecule has 0 aliphatic heterocycles. The van der Waals surface area contributed by atoms with Crippen molar-refractivity contribution in [2.75, 3.05) is 40.8 Å². The Balaban J connectivity index is 2.03. The zero-order chi connectivity index (χ0) is 17.6. The quantitative estimate of drug-likeness (QED) is 0.278. The van der Waals surface area contributed by atoms with Gasteiger partial charge in [-0.3, -0.25) is 4.99 Å². The Morgan fingerprint density at radius 2 is 1.79 bits per heavy atom. The molecule has 0 unspecified atom stereocenters. The smallest absolute Gasteiger partial charge is 0.190 e. The minimum Gasteiger partial charge on any atom is -0.356 e. The van der Waals surface area contributed by atoms with E-state index in [0.29, 0.717) is 5.15 Å². The van der Waals surface area contributed by atoms with Crippen LogP contribution in [0.2, 0.25) is 5.15 Å². The first-order valence-corrected chi connectivity index (χ1v) is 9.19. The van der Waals surface area contributed by atoms with E-state index in [1.807, 2.05) is 18.3 Å². The van der Waals surface area contributed by atoms with E-state index >= 15 is 0 Å². The van der Waals surface area contributed by atoms with Crippen LogP contribution in [-0.4, -0.2) is 56.6 Å². The Bertz CT molecular complexity index is 459. The van der Waals surface area contributed by atoms with Crippen molar-refractivity contribution in [3.63, 3.8) is 0 Å². The van der Waals surface area contributed by atoms with Gasteiger partial charge in [-0.25, -0.2) is 4.98 Å². The summed E-state index contributed by atoms with van der Waals surface area (Å²) in [5.41, 5.74) is 1.17. The van der Waals surface area contributed by atoms with Crippen LogP contribution in [0.4, 0.5) is 0 Å². The summed E-state index contributed by atoms with van der Waals surface area (Å²) in [6.45, 7) is 2.99. The highest BCUT2D eigenvalue weighted by molar-refractivity contribution is 6.29. The van der Waals surface area contributed by atoms with Gasteiger partial charge in [-0.15, -0.1) is 0 Å². The molecular formula is C18H32ClN5. The molecule has 0 fully saturated rings. The second-order valence-electron chi connectivity index (χ2n) is 6.24. The summed E-state index contributed by atoms with van der Waals surface area (Å²) in [6, 6.07) is 3.83. The number of aliphatic imine (C=N–C) groups is 1. The van der Waals surface area contributed by atoms with Crippen molar-refractivity contribution in [3.05, 3.63) is 29.0 Å². The lowest BCUT2D eigenvalue weighted by Gasteiger charge is -2.12. The second kappa shape index (κ2) is 13.0. The average Bonchev–Trinajstić information content (AvgIpc) is 2.57. The fourth-order valence-corrected chi connectivity index (χ4v) is 2.50. The molecule has 1 aromatic heterocycles. The molecule has 0 radical (unpaired) electrons. The van der Waals surface area contributed by atoms with Crippen LogP contribution < -0.4 is 10.6 Å². The van der Waals surface area contributed by atoms with E-state index in [-0.39, 0.29) is 0 Å². The summed E-state index contributed by atoms with van der Waals surface area (Å²) < 4.78 is 0. The van der Waals surface area contributed by atoms with Gasteiger partial charge < -0.3 is 15.5 Å². The SMILES string of the molecule is CN=C(NCCCCCCCN(C)C)NCCc1ccc(Cl)nc1. The number of rotatable bonds is 11. The standard InChI is InChI=1S/C18H32ClN5/c1-20-18(21-12-7-5-4-6-8-14-24(2)3)22-13-11-16-9-10-17(19)23-15-16/h9-10,15H,4-8,11-14H2,1-3H3,(H2,20,21,22). The third kappa shape index (κ3) is 10.4. The van der Waals surface area contributed by atoms with E-state index in [2.05, 4.69) is 39.6 Å². The summed E-state index contributed by atoms with van der Waals surface area (Å²) >= 11 is 5.79. The first kappa shape index (κ1) is 20.7. The summed E-state index contributed by atoms with van der Waals surface area (Å²) in [5.74, 6) is 0.865. The molecular weight excluding hydrogens is 322 g/mol. The lowest BCUT2D eigenvalue weighted by molar-refractivity contribution is 0.389. The largest absolute Gasteiger partial charge is 0.356 e. The summed E-state index contributed by atoms with van der Waals surface area (Å²) in [7, 11) is 6.07. The van der Waals surface area contributed by atoms with Crippen molar-refractivity contribution in [1.29, 1.82) is 0 Å². The third-order valence-corrected chi connectivity index (χ3v) is 4.02. The first-order chi connectivity index (χ1) is 11.6. The Labute approximate surface area is 151 Å². The maximum Gasteiger partial charge on any atom is 0.190 e. The van der Waals surface area contributed by atoms with Gasteiger partial charge in [0.25, 0.3) is 0 Å². The lowest BCUT2D eigenvalue weighted by atomic mass is 10.1. The van der Waals surface area contributed by atoms with Gasteiger partial charge in [0.2, 0.25) is 0 Å². The molecule has 6 heteroatoms. The fraction of sp³-hybridized carbons (Fsp3) is 0.667. The van der Waals surface area contributed by atoms with Crippen LogP contribution in [0.15, 0.2) is 23.3 Å². The molecule has 0 aliphatic rings. The number of guanidine groups is 1. The molecule has 0 spiro atoms. The van der Waals surface area contributed by atoms with Crippen molar-refractivity contribution >= 4 is 17.6 Å². The number of unbranched alkanes of at least 4 members (excludes halogenated alkanes) is 4. The van der Waals surface area contributed by atoms with Gasteiger partial charge in [0.05, 0.1) is 0 Å². The molecule has 0 saturated carbocycles. The number of hydrogen-bond acceptors (Lipinski definition) is 3. The molecule has 0 saturated heterocycles. The lowest BCUT2D eigenvalue weighted by Crippen LogP contribution is -2.38. The molecule has 5 nitrogen and oxygen atoms in total. The van der Waals surface area contributed by atoms with E-state index < -0.39 is 0 Å². The molecule has 0 amide bonds. The zero-order valence-corrected chi connectivity index (χ0v) is 16.1. The maximum atomic E-state index is 5.79. The molecule has 0 atom stereocenters. The average molecular weight is 354 g/mol. The van der Waals surface area contributed by atoms with Gasteiger partial charge in [0.1, 0.15) is 5.15 Å². The van der Waals surface area contributed by atoms with Gasteiger partial charge >= 0.3 is 0 Å². The highest BCUT2D eigenvalue weighted by Crippen LogP contribution is 2.05. The number of aromatic nitrogens is 1. The van der Waals surface area contributed by atoms with Crippen molar-refractivity contribution in [1.82, 2.24) is 20.5 Å². The maximum absolute atomic E-state index is 5.79. The monoisotopic (exact) mass is 353 g/mol. The van der Waals surface area contributed by atoms with E-state index in [1.165, 1.54) is 44.2 Å². The van der Waals surface area contributed by atoms with Crippen molar-refractivity contribution in [2.45, 2.75) is 38.5 Å². The van der Waals surface area contributed by atoms with Gasteiger partial charge in [-0.2, -0.15) is 0 Å². The highest BCUT2D eigenvalue weighted by Gasteiger charge is 1.99. The van der Waals surface area contributed by atoms with Crippen LogP contribution in [0.3, 0.4) is 0 Å². The molecule has 0 aliphatic carbocycles. The zero-order valence-electron chi connectivity index (χ0n) is 15.3. The van der Waals surface area contributed by atoms with Crippen LogP contribution in [0.1, 0.15) is 37.7 Å². The third-order valence-electron chi connectivity index (χ3n) is 3.79. The van der Waals surface area contributed by atoms with E-state index in [9.17, 15) is 0 Å². The van der Waals surface area contributed by atoms with Crippen LogP contribution in [0, 0.1) is 0 Å². The van der Waals surface area contributed by atoms with Crippen molar-refractivity contribution in [2.24, 2.45) is 4.99 Å². The Morgan fingerprint density at radius 1 is 1.08 bits per heavy atom. The van der Waals surface area contributed by atoms with E-state index in [1.54, 1.807) is 7.05 Å². The number of halogens is 1. The second-order valence-corrected chi connectivity index (χ2v) is 6.62. The summed E-state index contributed by atoms with van der Waals surface area (Å²) in [4.78, 5) is 10.6. The highest BCUT2D eigenvalue weighted by atomic mass is 35.5. The number of nitrogens with zero attached hydrogens (tertiary/aromatic N) is 3. The van der Waals surface area contributed by atoms with Gasteiger partial charge in [-0.1, -0.05) is 36.9 Å². The molecule has 0 bridgehead atoms. The number of hydrogen-bond donors (Lipinski definition) is 2. The predicted octanol–water partition coefficient (Wildman–Crippen LogP) is 2.95.